The van der Waals surface area contributed by atoms with Crippen molar-refractivity contribution in [1.82, 2.24) is 0 Å². The van der Waals surface area contributed by atoms with Crippen molar-refractivity contribution in [1.29, 1.82) is 0 Å². The standard InChI is InChI=1S/C21H13Cl2N3OS/c22-15-10-9-14(11-16(15)23)12-24-25-13-21(27)26-17-5-1-3-7-19(17)28-20-8-4-2-6-18(20)26/h1-13H/b24-12+,25-13+. The van der Waals surface area contributed by atoms with Crippen LogP contribution in [0.4, 0.5) is 11.4 Å². The second-order valence-electron chi connectivity index (χ2n) is 5.87. The number of fused-ring (bicyclic) bond motifs is 2. The molecule has 3 aromatic rings. The number of carbonyl (C=O) groups is 1. The van der Waals surface area contributed by atoms with E-state index in [1.54, 1.807) is 34.9 Å². The van der Waals surface area contributed by atoms with Gasteiger partial charge in [-0.25, -0.2) is 0 Å². The summed E-state index contributed by atoms with van der Waals surface area (Å²) in [5, 5.41) is 8.76. The topological polar surface area (TPSA) is 45.0 Å². The van der Waals surface area contributed by atoms with Gasteiger partial charge in [0.05, 0.1) is 27.6 Å². The molecule has 0 saturated carbocycles. The van der Waals surface area contributed by atoms with Crippen molar-refractivity contribution in [3.05, 3.63) is 82.3 Å². The largest absolute Gasteiger partial charge is 0.275 e. The quantitative estimate of drug-likeness (QED) is 0.368. The Bertz CT molecular complexity index is 1070. The highest BCUT2D eigenvalue weighted by atomic mass is 35.5. The van der Waals surface area contributed by atoms with Crippen LogP contribution in [0.2, 0.25) is 10.0 Å². The number of para-hydroxylation sites is 2. The van der Waals surface area contributed by atoms with Gasteiger partial charge in [0.1, 0.15) is 6.21 Å². The second-order valence-corrected chi connectivity index (χ2v) is 7.77. The van der Waals surface area contributed by atoms with E-state index in [0.29, 0.717) is 10.0 Å². The van der Waals surface area contributed by atoms with Gasteiger partial charge in [0, 0.05) is 9.79 Å². The van der Waals surface area contributed by atoms with Gasteiger partial charge in [-0.15, -0.1) is 0 Å². The van der Waals surface area contributed by atoms with Crippen LogP contribution >= 0.6 is 35.0 Å². The van der Waals surface area contributed by atoms with Gasteiger partial charge in [-0.3, -0.25) is 9.69 Å². The number of hydrogen-bond donors (Lipinski definition) is 0. The lowest BCUT2D eigenvalue weighted by molar-refractivity contribution is -0.111. The van der Waals surface area contributed by atoms with Crippen LogP contribution in [0.3, 0.4) is 0 Å². The van der Waals surface area contributed by atoms with E-state index >= 15 is 0 Å². The van der Waals surface area contributed by atoms with Gasteiger partial charge in [0.15, 0.2) is 0 Å². The SMILES string of the molecule is O=C(/C=N/N=C/c1ccc(Cl)c(Cl)c1)N1c2ccccc2Sc2ccccc21. The molecule has 0 aromatic heterocycles. The zero-order valence-corrected chi connectivity index (χ0v) is 16.7. The van der Waals surface area contributed by atoms with E-state index in [4.69, 9.17) is 23.2 Å². The van der Waals surface area contributed by atoms with Crippen molar-refractivity contribution < 1.29 is 4.79 Å². The van der Waals surface area contributed by atoms with Crippen LogP contribution in [0.1, 0.15) is 5.56 Å². The number of hydrogen-bond acceptors (Lipinski definition) is 4. The monoisotopic (exact) mass is 425 g/mol. The summed E-state index contributed by atoms with van der Waals surface area (Å²) in [6, 6.07) is 20.7. The summed E-state index contributed by atoms with van der Waals surface area (Å²) in [5.74, 6) is -0.272. The van der Waals surface area contributed by atoms with Crippen LogP contribution in [-0.2, 0) is 4.79 Å². The third-order valence-corrected chi connectivity index (χ3v) is 5.91. The minimum atomic E-state index is -0.272. The number of benzene rings is 3. The Hall–Kier alpha value is -2.60. The van der Waals surface area contributed by atoms with E-state index in [-0.39, 0.29) is 5.91 Å². The highest BCUT2D eigenvalue weighted by molar-refractivity contribution is 7.99. The number of rotatable bonds is 3. The van der Waals surface area contributed by atoms with Crippen molar-refractivity contribution in [2.75, 3.05) is 4.90 Å². The molecule has 0 unspecified atom stereocenters. The molecular weight excluding hydrogens is 413 g/mol. The van der Waals surface area contributed by atoms with Gasteiger partial charge in [0.25, 0.3) is 5.91 Å². The van der Waals surface area contributed by atoms with Crippen molar-refractivity contribution >= 4 is 64.7 Å². The molecule has 3 aromatic carbocycles. The highest BCUT2D eigenvalue weighted by Crippen LogP contribution is 2.47. The molecule has 4 nitrogen and oxygen atoms in total. The van der Waals surface area contributed by atoms with Gasteiger partial charge in [-0.2, -0.15) is 10.2 Å². The fourth-order valence-electron chi connectivity index (χ4n) is 2.78. The minimum Gasteiger partial charge on any atom is -0.274 e. The lowest BCUT2D eigenvalue weighted by Gasteiger charge is -2.29. The summed E-state index contributed by atoms with van der Waals surface area (Å²) >= 11 is 13.5. The molecule has 1 amide bonds. The van der Waals surface area contributed by atoms with E-state index in [1.807, 2.05) is 48.5 Å². The number of nitrogens with zero attached hydrogens (tertiary/aromatic N) is 3. The molecule has 1 heterocycles. The predicted octanol–water partition coefficient (Wildman–Crippen LogP) is 6.23. The molecule has 0 atom stereocenters. The molecule has 0 aliphatic carbocycles. The summed E-state index contributed by atoms with van der Waals surface area (Å²) in [5.41, 5.74) is 2.40. The first-order valence-electron chi connectivity index (χ1n) is 8.35. The Morgan fingerprint density at radius 2 is 1.50 bits per heavy atom. The fraction of sp³-hybridized carbons (Fsp3) is 0. The summed E-state index contributed by atoms with van der Waals surface area (Å²) in [6.45, 7) is 0. The Morgan fingerprint density at radius 3 is 2.14 bits per heavy atom. The van der Waals surface area contributed by atoms with Crippen LogP contribution in [0.15, 0.2) is 86.7 Å². The Kier molecular flexibility index (Phi) is 5.48. The molecular formula is C21H13Cl2N3OS. The maximum Gasteiger partial charge on any atom is 0.275 e. The van der Waals surface area contributed by atoms with Crippen LogP contribution in [0.25, 0.3) is 0 Å². The molecule has 138 valence electrons. The van der Waals surface area contributed by atoms with Crippen LogP contribution in [-0.4, -0.2) is 18.3 Å². The first-order valence-corrected chi connectivity index (χ1v) is 9.92. The predicted molar refractivity (Wildman–Crippen MR) is 117 cm³/mol. The first kappa shape index (κ1) is 18.7. The van der Waals surface area contributed by atoms with Crippen LogP contribution in [0, 0.1) is 0 Å². The molecule has 4 rings (SSSR count). The highest BCUT2D eigenvalue weighted by Gasteiger charge is 2.26. The average Bonchev–Trinajstić information content (AvgIpc) is 2.71. The molecule has 0 radical (unpaired) electrons. The van der Waals surface area contributed by atoms with Gasteiger partial charge in [-0.1, -0.05) is 65.3 Å². The molecule has 7 heteroatoms. The number of carbonyl (C=O) groups excluding carboxylic acids is 1. The third-order valence-electron chi connectivity index (χ3n) is 4.04. The molecule has 28 heavy (non-hydrogen) atoms. The number of amides is 1. The van der Waals surface area contributed by atoms with E-state index in [0.717, 1.165) is 26.7 Å². The lowest BCUT2D eigenvalue weighted by Crippen LogP contribution is -2.29. The first-order chi connectivity index (χ1) is 13.6. The third kappa shape index (κ3) is 3.83. The molecule has 0 saturated heterocycles. The molecule has 0 fully saturated rings. The summed E-state index contributed by atoms with van der Waals surface area (Å²) in [6.07, 6.45) is 2.72. The molecule has 1 aliphatic rings. The van der Waals surface area contributed by atoms with Crippen molar-refractivity contribution in [3.8, 4) is 0 Å². The lowest BCUT2D eigenvalue weighted by atomic mass is 10.2. The summed E-state index contributed by atoms with van der Waals surface area (Å²) < 4.78 is 0. The Labute approximate surface area is 176 Å². The van der Waals surface area contributed by atoms with Crippen molar-refractivity contribution in [2.24, 2.45) is 10.2 Å². The number of anilines is 2. The van der Waals surface area contributed by atoms with Gasteiger partial charge >= 0.3 is 0 Å². The van der Waals surface area contributed by atoms with Gasteiger partial charge < -0.3 is 0 Å². The van der Waals surface area contributed by atoms with Gasteiger partial charge in [-0.05, 0) is 42.0 Å². The Morgan fingerprint density at radius 1 is 0.857 bits per heavy atom. The molecule has 1 aliphatic heterocycles. The van der Waals surface area contributed by atoms with E-state index in [9.17, 15) is 4.79 Å². The molecule has 0 spiro atoms. The molecule has 0 bridgehead atoms. The van der Waals surface area contributed by atoms with E-state index < -0.39 is 0 Å². The van der Waals surface area contributed by atoms with Crippen LogP contribution in [0.5, 0.6) is 0 Å². The summed E-state index contributed by atoms with van der Waals surface area (Å²) in [7, 11) is 0. The fourth-order valence-corrected chi connectivity index (χ4v) is 4.14. The van der Waals surface area contributed by atoms with Crippen molar-refractivity contribution in [2.45, 2.75) is 9.79 Å². The maximum absolute atomic E-state index is 12.9. The molecule has 0 N–H and O–H groups in total. The average molecular weight is 426 g/mol. The van der Waals surface area contributed by atoms with E-state index in [2.05, 4.69) is 10.2 Å². The van der Waals surface area contributed by atoms with E-state index in [1.165, 1.54) is 12.4 Å². The zero-order chi connectivity index (χ0) is 19.5. The van der Waals surface area contributed by atoms with Crippen LogP contribution < -0.4 is 4.90 Å². The normalized spacial score (nSPS) is 13.0. The maximum atomic E-state index is 12.9. The zero-order valence-electron chi connectivity index (χ0n) is 14.4. The number of halogens is 2. The minimum absolute atomic E-state index is 0.272. The van der Waals surface area contributed by atoms with Gasteiger partial charge in [0.2, 0.25) is 0 Å². The summed E-state index contributed by atoms with van der Waals surface area (Å²) in [4.78, 5) is 16.6. The van der Waals surface area contributed by atoms with Crippen molar-refractivity contribution in [3.63, 3.8) is 0 Å². The Balaban J connectivity index is 1.59. The second kappa shape index (κ2) is 8.19. The smallest absolute Gasteiger partial charge is 0.274 e.